The maximum atomic E-state index is 10.8. The van der Waals surface area contributed by atoms with Gasteiger partial charge in [-0.05, 0) is 56.5 Å². The first kappa shape index (κ1) is 14.3. The fourth-order valence-corrected chi connectivity index (χ4v) is 3.08. The summed E-state index contributed by atoms with van der Waals surface area (Å²) in [6, 6.07) is 11.7. The molecule has 2 aromatic rings. The van der Waals surface area contributed by atoms with Crippen LogP contribution < -0.4 is 4.74 Å². The van der Waals surface area contributed by atoms with Crippen LogP contribution in [0.3, 0.4) is 0 Å². The van der Waals surface area contributed by atoms with Gasteiger partial charge in [0.2, 0.25) is 0 Å². The van der Waals surface area contributed by atoms with Crippen molar-refractivity contribution >= 4 is 38.1 Å². The fourth-order valence-electron chi connectivity index (χ4n) is 1.63. The molecule has 19 heavy (non-hydrogen) atoms. The summed E-state index contributed by atoms with van der Waals surface area (Å²) in [5.41, 5.74) is 2.92. The van der Waals surface area contributed by atoms with E-state index in [1.807, 2.05) is 12.1 Å². The van der Waals surface area contributed by atoms with Crippen molar-refractivity contribution in [3.05, 3.63) is 62.0 Å². The average Bonchev–Trinajstić information content (AvgIpc) is 2.39. The van der Waals surface area contributed by atoms with Crippen molar-refractivity contribution in [1.82, 2.24) is 0 Å². The van der Waals surface area contributed by atoms with Crippen LogP contribution in [0.1, 0.15) is 21.5 Å². The van der Waals surface area contributed by atoms with Gasteiger partial charge < -0.3 is 4.74 Å². The molecule has 2 nitrogen and oxygen atoms in total. The monoisotopic (exact) mass is 382 g/mol. The number of hydrogen-bond donors (Lipinski definition) is 0. The summed E-state index contributed by atoms with van der Waals surface area (Å²) in [6.07, 6.45) is 0.805. The first-order valence-electron chi connectivity index (χ1n) is 5.72. The van der Waals surface area contributed by atoms with E-state index in [1.165, 1.54) is 5.56 Å². The second kappa shape index (κ2) is 6.35. The van der Waals surface area contributed by atoms with Gasteiger partial charge in [-0.1, -0.05) is 29.8 Å². The SMILES string of the molecule is Cc1ccc(COc2c(Br)cc(C=O)cc2Br)cc1. The van der Waals surface area contributed by atoms with Gasteiger partial charge in [0, 0.05) is 5.56 Å². The van der Waals surface area contributed by atoms with Crippen LogP contribution in [-0.2, 0) is 6.61 Å². The zero-order chi connectivity index (χ0) is 13.8. The van der Waals surface area contributed by atoms with Crippen molar-refractivity contribution in [2.24, 2.45) is 0 Å². The first-order valence-corrected chi connectivity index (χ1v) is 7.31. The Labute approximate surface area is 129 Å². The predicted octanol–water partition coefficient (Wildman–Crippen LogP) is 4.91. The van der Waals surface area contributed by atoms with E-state index in [0.717, 1.165) is 20.8 Å². The lowest BCUT2D eigenvalue weighted by Gasteiger charge is -2.11. The Morgan fingerprint density at radius 1 is 1.11 bits per heavy atom. The van der Waals surface area contributed by atoms with Gasteiger partial charge in [-0.15, -0.1) is 0 Å². The van der Waals surface area contributed by atoms with Crippen LogP contribution in [0.4, 0.5) is 0 Å². The Morgan fingerprint density at radius 3 is 2.21 bits per heavy atom. The summed E-state index contributed by atoms with van der Waals surface area (Å²) in [6.45, 7) is 2.54. The molecule has 0 saturated heterocycles. The molecular formula is C15H12Br2O2. The molecule has 2 rings (SSSR count). The molecule has 0 fully saturated rings. The summed E-state index contributed by atoms with van der Waals surface area (Å²) in [5.74, 6) is 0.700. The van der Waals surface area contributed by atoms with Crippen LogP contribution in [0.2, 0.25) is 0 Å². The number of carbonyl (C=O) groups is 1. The Bertz CT molecular complexity index is 569. The Morgan fingerprint density at radius 2 is 1.68 bits per heavy atom. The molecule has 0 atom stereocenters. The van der Waals surface area contributed by atoms with E-state index in [2.05, 4.69) is 50.9 Å². The van der Waals surface area contributed by atoms with Crippen LogP contribution in [0, 0.1) is 6.92 Å². The maximum Gasteiger partial charge on any atom is 0.150 e. The number of aldehydes is 1. The van der Waals surface area contributed by atoms with Crippen LogP contribution >= 0.6 is 31.9 Å². The summed E-state index contributed by atoms with van der Waals surface area (Å²) < 4.78 is 7.30. The number of ether oxygens (including phenoxy) is 1. The third-order valence-corrected chi connectivity index (χ3v) is 3.84. The van der Waals surface area contributed by atoms with Gasteiger partial charge in [0.15, 0.2) is 0 Å². The van der Waals surface area contributed by atoms with Crippen LogP contribution in [0.25, 0.3) is 0 Å². The molecule has 0 aromatic heterocycles. The lowest BCUT2D eigenvalue weighted by Crippen LogP contribution is -1.97. The van der Waals surface area contributed by atoms with Crippen LogP contribution in [0.5, 0.6) is 5.75 Å². The highest BCUT2D eigenvalue weighted by Gasteiger charge is 2.09. The van der Waals surface area contributed by atoms with Gasteiger partial charge in [0.1, 0.15) is 18.6 Å². The third kappa shape index (κ3) is 3.67. The Hall–Kier alpha value is -1.13. The molecule has 0 unspecified atom stereocenters. The van der Waals surface area contributed by atoms with Crippen LogP contribution in [-0.4, -0.2) is 6.29 Å². The third-order valence-electron chi connectivity index (χ3n) is 2.66. The zero-order valence-electron chi connectivity index (χ0n) is 10.3. The molecule has 0 aliphatic carbocycles. The van der Waals surface area contributed by atoms with Crippen molar-refractivity contribution in [2.75, 3.05) is 0 Å². The molecule has 0 spiro atoms. The van der Waals surface area contributed by atoms with E-state index in [9.17, 15) is 4.79 Å². The summed E-state index contributed by atoms with van der Waals surface area (Å²) in [7, 11) is 0. The second-order valence-corrected chi connectivity index (χ2v) is 5.91. The van der Waals surface area contributed by atoms with E-state index in [4.69, 9.17) is 4.74 Å². The molecule has 0 bridgehead atoms. The average molecular weight is 384 g/mol. The van der Waals surface area contributed by atoms with Crippen molar-refractivity contribution in [1.29, 1.82) is 0 Å². The zero-order valence-corrected chi connectivity index (χ0v) is 13.5. The number of rotatable bonds is 4. The molecule has 2 aromatic carbocycles. The molecule has 0 radical (unpaired) electrons. The second-order valence-electron chi connectivity index (χ2n) is 4.21. The van der Waals surface area contributed by atoms with E-state index in [-0.39, 0.29) is 0 Å². The standard InChI is InChI=1S/C15H12Br2O2/c1-10-2-4-11(5-3-10)9-19-15-13(16)6-12(8-18)7-14(15)17/h2-8H,9H2,1H3. The molecule has 4 heteroatoms. The number of aryl methyl sites for hydroxylation is 1. The highest BCUT2D eigenvalue weighted by Crippen LogP contribution is 2.34. The van der Waals surface area contributed by atoms with Crippen molar-refractivity contribution < 1.29 is 9.53 Å². The minimum absolute atomic E-state index is 0.484. The molecule has 0 amide bonds. The van der Waals surface area contributed by atoms with E-state index in [1.54, 1.807) is 12.1 Å². The molecule has 0 saturated carbocycles. The predicted molar refractivity (Wildman–Crippen MR) is 82.7 cm³/mol. The molecular weight excluding hydrogens is 372 g/mol. The number of hydrogen-bond acceptors (Lipinski definition) is 2. The van der Waals surface area contributed by atoms with Gasteiger partial charge >= 0.3 is 0 Å². The highest BCUT2D eigenvalue weighted by atomic mass is 79.9. The lowest BCUT2D eigenvalue weighted by atomic mass is 10.2. The minimum atomic E-state index is 0.484. The normalized spacial score (nSPS) is 10.3. The Balaban J connectivity index is 2.15. The van der Waals surface area contributed by atoms with Crippen molar-refractivity contribution in [3.63, 3.8) is 0 Å². The summed E-state index contributed by atoms with van der Waals surface area (Å²) >= 11 is 6.82. The molecule has 0 aliphatic rings. The first-order chi connectivity index (χ1) is 9.10. The van der Waals surface area contributed by atoms with Crippen LogP contribution in [0.15, 0.2) is 45.3 Å². The quantitative estimate of drug-likeness (QED) is 0.701. The van der Waals surface area contributed by atoms with E-state index < -0.39 is 0 Å². The van der Waals surface area contributed by atoms with Gasteiger partial charge in [-0.3, -0.25) is 4.79 Å². The minimum Gasteiger partial charge on any atom is -0.487 e. The molecule has 98 valence electrons. The molecule has 0 N–H and O–H groups in total. The van der Waals surface area contributed by atoms with Crippen molar-refractivity contribution in [3.8, 4) is 5.75 Å². The van der Waals surface area contributed by atoms with Gasteiger partial charge in [0.25, 0.3) is 0 Å². The van der Waals surface area contributed by atoms with Gasteiger partial charge in [0.05, 0.1) is 8.95 Å². The molecule has 0 heterocycles. The number of carbonyl (C=O) groups excluding carboxylic acids is 1. The van der Waals surface area contributed by atoms with E-state index in [0.29, 0.717) is 17.9 Å². The van der Waals surface area contributed by atoms with Gasteiger partial charge in [-0.25, -0.2) is 0 Å². The maximum absolute atomic E-state index is 10.8. The number of benzene rings is 2. The number of halogens is 2. The summed E-state index contributed by atoms with van der Waals surface area (Å²) in [4.78, 5) is 10.8. The highest BCUT2D eigenvalue weighted by molar-refractivity contribution is 9.11. The largest absolute Gasteiger partial charge is 0.487 e. The lowest BCUT2D eigenvalue weighted by molar-refractivity contribution is 0.112. The fraction of sp³-hybridized carbons (Fsp3) is 0.133. The Kier molecular flexibility index (Phi) is 4.77. The molecule has 0 aliphatic heterocycles. The smallest absolute Gasteiger partial charge is 0.150 e. The summed E-state index contributed by atoms with van der Waals surface area (Å²) in [5, 5.41) is 0. The van der Waals surface area contributed by atoms with Crippen molar-refractivity contribution in [2.45, 2.75) is 13.5 Å². The topological polar surface area (TPSA) is 26.3 Å². The van der Waals surface area contributed by atoms with Gasteiger partial charge in [-0.2, -0.15) is 0 Å². The van der Waals surface area contributed by atoms with E-state index >= 15 is 0 Å².